The number of hydrogen-bond acceptors (Lipinski definition) is 7. The molecule has 0 atom stereocenters. The van der Waals surface area contributed by atoms with Crippen LogP contribution in [0.25, 0.3) is 17.2 Å². The Morgan fingerprint density at radius 2 is 2.03 bits per heavy atom. The Morgan fingerprint density at radius 1 is 1.16 bits per heavy atom. The predicted octanol–water partition coefficient (Wildman–Crippen LogP) is 4.82. The van der Waals surface area contributed by atoms with Crippen molar-refractivity contribution in [2.75, 3.05) is 0 Å². The molecule has 0 aliphatic heterocycles. The minimum Gasteiger partial charge on any atom is -0.338 e. The molecule has 0 spiro atoms. The zero-order valence-corrected chi connectivity index (χ0v) is 17.7. The molecule has 3 aromatic heterocycles. The number of halogens is 3. The molecule has 0 N–H and O–H groups in total. The van der Waals surface area contributed by atoms with Crippen LogP contribution >= 0.6 is 11.8 Å². The topological polar surface area (TPSA) is 82.5 Å². The molecule has 32 heavy (non-hydrogen) atoms. The third-order valence-electron chi connectivity index (χ3n) is 5.24. The number of benzene rings is 1. The van der Waals surface area contributed by atoms with Crippen LogP contribution in [0.3, 0.4) is 0 Å². The summed E-state index contributed by atoms with van der Waals surface area (Å²) in [6.07, 6.45) is 0.183. The molecule has 1 aliphatic rings. The Morgan fingerprint density at radius 3 is 2.88 bits per heavy atom. The van der Waals surface area contributed by atoms with Gasteiger partial charge >= 0.3 is 6.18 Å². The van der Waals surface area contributed by atoms with Crippen LogP contribution in [0.4, 0.5) is 13.2 Å². The van der Waals surface area contributed by atoms with Crippen molar-refractivity contribution in [2.24, 2.45) is 0 Å². The van der Waals surface area contributed by atoms with E-state index in [0.29, 0.717) is 22.5 Å². The Labute approximate surface area is 185 Å². The first-order valence-electron chi connectivity index (χ1n) is 9.91. The SMILES string of the molecule is Cc1nn(-c2cc(SCc3nc(-c4cccc(C(F)(F)F)c4)no3)ncn2)c2c1CCC2. The van der Waals surface area contributed by atoms with Crippen LogP contribution in [0, 0.1) is 6.92 Å². The fraction of sp³-hybridized carbons (Fsp3) is 0.286. The summed E-state index contributed by atoms with van der Waals surface area (Å²) < 4.78 is 45.9. The normalized spacial score (nSPS) is 13.5. The summed E-state index contributed by atoms with van der Waals surface area (Å²) in [6, 6.07) is 6.68. The van der Waals surface area contributed by atoms with Crippen molar-refractivity contribution in [2.45, 2.75) is 43.1 Å². The van der Waals surface area contributed by atoms with Crippen molar-refractivity contribution >= 4 is 11.8 Å². The zero-order chi connectivity index (χ0) is 22.3. The second-order valence-corrected chi connectivity index (χ2v) is 8.37. The minimum absolute atomic E-state index is 0.109. The van der Waals surface area contributed by atoms with E-state index in [1.807, 2.05) is 17.7 Å². The Balaban J connectivity index is 1.31. The molecule has 0 saturated carbocycles. The number of aromatic nitrogens is 6. The lowest BCUT2D eigenvalue weighted by molar-refractivity contribution is -0.137. The second-order valence-electron chi connectivity index (χ2n) is 7.37. The van der Waals surface area contributed by atoms with E-state index in [0.717, 1.165) is 37.1 Å². The van der Waals surface area contributed by atoms with Crippen LogP contribution in [0.5, 0.6) is 0 Å². The number of aryl methyl sites for hydroxylation is 1. The van der Waals surface area contributed by atoms with E-state index in [-0.39, 0.29) is 11.4 Å². The van der Waals surface area contributed by atoms with Crippen molar-refractivity contribution in [3.05, 3.63) is 65.1 Å². The van der Waals surface area contributed by atoms with Gasteiger partial charge in [0.15, 0.2) is 5.82 Å². The van der Waals surface area contributed by atoms with Crippen LogP contribution < -0.4 is 0 Å². The number of hydrogen-bond donors (Lipinski definition) is 0. The van der Waals surface area contributed by atoms with E-state index < -0.39 is 11.7 Å². The van der Waals surface area contributed by atoms with Crippen molar-refractivity contribution in [3.8, 4) is 17.2 Å². The van der Waals surface area contributed by atoms with Crippen molar-refractivity contribution in [1.29, 1.82) is 0 Å². The van der Waals surface area contributed by atoms with Gasteiger partial charge in [-0.2, -0.15) is 23.3 Å². The lowest BCUT2D eigenvalue weighted by Crippen LogP contribution is -2.04. The van der Waals surface area contributed by atoms with Crippen LogP contribution in [0.1, 0.15) is 34.8 Å². The Hall–Kier alpha value is -3.21. The summed E-state index contributed by atoms with van der Waals surface area (Å²) >= 11 is 1.37. The maximum absolute atomic E-state index is 12.9. The van der Waals surface area contributed by atoms with Gasteiger partial charge in [0, 0.05) is 17.3 Å². The van der Waals surface area contributed by atoms with E-state index >= 15 is 0 Å². The van der Waals surface area contributed by atoms with E-state index in [1.54, 1.807) is 0 Å². The maximum atomic E-state index is 12.9. The monoisotopic (exact) mass is 458 g/mol. The summed E-state index contributed by atoms with van der Waals surface area (Å²) in [4.78, 5) is 12.9. The van der Waals surface area contributed by atoms with Gasteiger partial charge in [0.1, 0.15) is 11.4 Å². The van der Waals surface area contributed by atoms with Crippen molar-refractivity contribution in [3.63, 3.8) is 0 Å². The lowest BCUT2D eigenvalue weighted by Gasteiger charge is -2.06. The molecule has 3 heterocycles. The van der Waals surface area contributed by atoms with E-state index in [2.05, 4.69) is 25.2 Å². The second kappa shape index (κ2) is 8.05. The summed E-state index contributed by atoms with van der Waals surface area (Å²) in [5.41, 5.74) is 3.00. The molecule has 7 nitrogen and oxygen atoms in total. The average molecular weight is 458 g/mol. The molecule has 1 aliphatic carbocycles. The van der Waals surface area contributed by atoms with Gasteiger partial charge in [-0.1, -0.05) is 29.1 Å². The predicted molar refractivity (Wildman–Crippen MR) is 110 cm³/mol. The highest BCUT2D eigenvalue weighted by molar-refractivity contribution is 7.98. The van der Waals surface area contributed by atoms with Gasteiger partial charge in [-0.3, -0.25) is 0 Å². The molecule has 0 fully saturated rings. The van der Waals surface area contributed by atoms with Gasteiger partial charge in [0.05, 0.1) is 17.0 Å². The van der Waals surface area contributed by atoms with Crippen molar-refractivity contribution < 1.29 is 17.7 Å². The first kappa shape index (κ1) is 20.7. The van der Waals surface area contributed by atoms with E-state index in [4.69, 9.17) is 4.52 Å². The molecular weight excluding hydrogens is 441 g/mol. The molecule has 0 unspecified atom stereocenters. The molecule has 0 amide bonds. The number of alkyl halides is 3. The minimum atomic E-state index is -4.43. The molecule has 11 heteroatoms. The summed E-state index contributed by atoms with van der Waals surface area (Å²) in [5.74, 6) is 1.42. The van der Waals surface area contributed by atoms with Gasteiger partial charge in [0.2, 0.25) is 11.7 Å². The zero-order valence-electron chi connectivity index (χ0n) is 16.9. The fourth-order valence-corrected chi connectivity index (χ4v) is 4.44. The quantitative estimate of drug-likeness (QED) is 0.313. The highest BCUT2D eigenvalue weighted by Gasteiger charge is 2.30. The van der Waals surface area contributed by atoms with E-state index in [1.165, 1.54) is 41.5 Å². The summed E-state index contributed by atoms with van der Waals surface area (Å²) in [7, 11) is 0. The van der Waals surface area contributed by atoms with Gasteiger partial charge in [-0.05, 0) is 43.9 Å². The van der Waals surface area contributed by atoms with Crippen molar-refractivity contribution in [1.82, 2.24) is 29.9 Å². The third kappa shape index (κ3) is 3.99. The number of rotatable bonds is 5. The maximum Gasteiger partial charge on any atom is 0.416 e. The lowest BCUT2D eigenvalue weighted by atomic mass is 10.1. The van der Waals surface area contributed by atoms with Gasteiger partial charge in [-0.15, -0.1) is 0 Å². The van der Waals surface area contributed by atoms with E-state index in [9.17, 15) is 13.2 Å². The Bertz CT molecular complexity index is 1280. The van der Waals surface area contributed by atoms with Crippen LogP contribution in [0.15, 0.2) is 46.2 Å². The van der Waals surface area contributed by atoms with Crippen LogP contribution in [-0.2, 0) is 24.8 Å². The Kier molecular flexibility index (Phi) is 5.20. The summed E-state index contributed by atoms with van der Waals surface area (Å²) in [5, 5.41) is 9.14. The number of thioether (sulfide) groups is 1. The molecule has 0 saturated heterocycles. The number of fused-ring (bicyclic) bond motifs is 1. The smallest absolute Gasteiger partial charge is 0.338 e. The van der Waals surface area contributed by atoms with Gasteiger partial charge in [-0.25, -0.2) is 14.6 Å². The highest BCUT2D eigenvalue weighted by Crippen LogP contribution is 2.32. The molecule has 0 bridgehead atoms. The first-order chi connectivity index (χ1) is 15.4. The van der Waals surface area contributed by atoms with Crippen LogP contribution in [-0.4, -0.2) is 29.9 Å². The molecule has 1 aromatic carbocycles. The van der Waals surface area contributed by atoms with Crippen LogP contribution in [0.2, 0.25) is 0 Å². The third-order valence-corrected chi connectivity index (χ3v) is 6.15. The number of nitrogens with zero attached hydrogens (tertiary/aromatic N) is 6. The molecular formula is C21H17F3N6OS. The highest BCUT2D eigenvalue weighted by atomic mass is 32.2. The molecule has 164 valence electrons. The fourth-order valence-electron chi connectivity index (χ4n) is 3.74. The molecule has 5 rings (SSSR count). The first-order valence-corrected chi connectivity index (χ1v) is 10.9. The average Bonchev–Trinajstić information content (AvgIpc) is 3.51. The largest absolute Gasteiger partial charge is 0.416 e. The molecule has 0 radical (unpaired) electrons. The van der Waals surface area contributed by atoms with Gasteiger partial charge in [0.25, 0.3) is 0 Å². The standard InChI is InChI=1S/C21H17F3N6OS/c1-12-15-6-3-7-16(15)30(28-12)17-9-19(26-11-25-17)32-10-18-27-20(29-31-18)13-4-2-5-14(8-13)21(22,23)24/h2,4-5,8-9,11H,3,6-7,10H2,1H3. The summed E-state index contributed by atoms with van der Waals surface area (Å²) in [6.45, 7) is 2.01. The van der Waals surface area contributed by atoms with Gasteiger partial charge < -0.3 is 4.52 Å². The molecule has 4 aromatic rings.